The van der Waals surface area contributed by atoms with Gasteiger partial charge in [-0.3, -0.25) is 9.59 Å². The third kappa shape index (κ3) is 5.05. The predicted octanol–water partition coefficient (Wildman–Crippen LogP) is 4.15. The van der Waals surface area contributed by atoms with E-state index < -0.39 is 0 Å². The average Bonchev–Trinajstić information content (AvgIpc) is 3.14. The van der Waals surface area contributed by atoms with Crippen LogP contribution in [0.1, 0.15) is 31.6 Å². The smallest absolute Gasteiger partial charge is 0.251 e. The molecular formula is C20H22N2O2S2. The van der Waals surface area contributed by atoms with Crippen molar-refractivity contribution < 1.29 is 9.59 Å². The molecule has 0 radical (unpaired) electrons. The highest BCUT2D eigenvalue weighted by molar-refractivity contribution is 8.19. The molecule has 1 fully saturated rings. The zero-order valence-corrected chi connectivity index (χ0v) is 16.5. The maximum absolute atomic E-state index is 12.2. The summed E-state index contributed by atoms with van der Waals surface area (Å²) in [6.45, 7) is 3.85. The molecule has 0 aromatic heterocycles. The molecule has 2 aromatic rings. The van der Waals surface area contributed by atoms with E-state index in [1.807, 2.05) is 73.8 Å². The van der Waals surface area contributed by atoms with Crippen molar-refractivity contribution in [3.63, 3.8) is 0 Å². The Balaban J connectivity index is 1.55. The van der Waals surface area contributed by atoms with Crippen molar-refractivity contribution in [2.45, 2.75) is 18.4 Å². The number of aryl methyl sites for hydroxylation is 2. The maximum atomic E-state index is 12.2. The Morgan fingerprint density at radius 2 is 1.73 bits per heavy atom. The average molecular weight is 387 g/mol. The second-order valence-electron chi connectivity index (χ2n) is 6.31. The third-order valence-electron chi connectivity index (χ3n) is 3.96. The highest BCUT2D eigenvalue weighted by Crippen LogP contribution is 2.45. The van der Waals surface area contributed by atoms with Crippen molar-refractivity contribution in [1.29, 1.82) is 0 Å². The van der Waals surface area contributed by atoms with Gasteiger partial charge in [-0.1, -0.05) is 29.3 Å². The summed E-state index contributed by atoms with van der Waals surface area (Å²) in [5.74, 6) is 1.86. The second kappa shape index (κ2) is 8.64. The van der Waals surface area contributed by atoms with E-state index in [0.717, 1.165) is 28.3 Å². The molecule has 1 aliphatic heterocycles. The van der Waals surface area contributed by atoms with Crippen LogP contribution in [-0.2, 0) is 4.79 Å². The number of carbonyl (C=O) groups is 2. The molecule has 4 nitrogen and oxygen atoms in total. The van der Waals surface area contributed by atoms with E-state index in [0.29, 0.717) is 10.1 Å². The van der Waals surface area contributed by atoms with Crippen LogP contribution in [0.25, 0.3) is 0 Å². The summed E-state index contributed by atoms with van der Waals surface area (Å²) in [5.41, 5.74) is 4.61. The topological polar surface area (TPSA) is 58.2 Å². The number of anilines is 1. The fourth-order valence-electron chi connectivity index (χ4n) is 2.89. The Morgan fingerprint density at radius 1 is 1.04 bits per heavy atom. The third-order valence-corrected chi connectivity index (χ3v) is 7.06. The predicted molar refractivity (Wildman–Crippen MR) is 111 cm³/mol. The number of hydrogen-bond acceptors (Lipinski definition) is 4. The van der Waals surface area contributed by atoms with Gasteiger partial charge in [0, 0.05) is 22.8 Å². The molecule has 2 N–H and O–H groups in total. The molecule has 0 spiro atoms. The summed E-state index contributed by atoms with van der Waals surface area (Å²) in [6.07, 6.45) is 0. The van der Waals surface area contributed by atoms with E-state index in [4.69, 9.17) is 0 Å². The quantitative estimate of drug-likeness (QED) is 0.810. The Hall–Kier alpha value is -1.92. The number of benzene rings is 2. The van der Waals surface area contributed by atoms with E-state index in [1.165, 1.54) is 5.56 Å². The molecule has 0 aliphatic carbocycles. The lowest BCUT2D eigenvalue weighted by Crippen LogP contribution is -2.32. The standard InChI is InChI=1S/C20H22N2O2S2/c1-13-8-14(2)10-16(9-13)19(24)21-12-18(23)22-17-5-3-4-15(11-17)20-25-6-7-26-20/h3-5,8-11,20H,6-7,12H2,1-2H3,(H,21,24)(H,22,23). The zero-order chi connectivity index (χ0) is 18.5. The van der Waals surface area contributed by atoms with Crippen molar-refractivity contribution in [3.8, 4) is 0 Å². The van der Waals surface area contributed by atoms with Gasteiger partial charge < -0.3 is 10.6 Å². The van der Waals surface area contributed by atoms with Gasteiger partial charge in [0.25, 0.3) is 5.91 Å². The van der Waals surface area contributed by atoms with Crippen LogP contribution in [0.5, 0.6) is 0 Å². The first-order valence-electron chi connectivity index (χ1n) is 8.51. The Labute approximate surface area is 162 Å². The number of nitrogens with one attached hydrogen (secondary N) is 2. The summed E-state index contributed by atoms with van der Waals surface area (Å²) < 4.78 is 0.441. The van der Waals surface area contributed by atoms with Crippen LogP contribution in [0.4, 0.5) is 5.69 Å². The minimum Gasteiger partial charge on any atom is -0.343 e. The van der Waals surface area contributed by atoms with E-state index in [1.54, 1.807) is 0 Å². The second-order valence-corrected chi connectivity index (χ2v) is 9.03. The molecule has 1 aliphatic rings. The van der Waals surface area contributed by atoms with Gasteiger partial charge in [0.1, 0.15) is 0 Å². The van der Waals surface area contributed by atoms with Crippen LogP contribution in [-0.4, -0.2) is 29.9 Å². The van der Waals surface area contributed by atoms with Crippen LogP contribution in [0, 0.1) is 13.8 Å². The fraction of sp³-hybridized carbons (Fsp3) is 0.300. The van der Waals surface area contributed by atoms with Crippen molar-refractivity contribution >= 4 is 41.0 Å². The molecule has 0 unspecified atom stereocenters. The van der Waals surface area contributed by atoms with E-state index in [-0.39, 0.29) is 18.4 Å². The highest BCUT2D eigenvalue weighted by atomic mass is 32.2. The fourth-order valence-corrected chi connectivity index (χ4v) is 5.73. The lowest BCUT2D eigenvalue weighted by Gasteiger charge is -2.12. The Bertz CT molecular complexity index is 797. The van der Waals surface area contributed by atoms with Crippen LogP contribution in [0.2, 0.25) is 0 Å². The van der Waals surface area contributed by atoms with E-state index in [2.05, 4.69) is 16.7 Å². The van der Waals surface area contributed by atoms with Crippen molar-refractivity contribution in [3.05, 3.63) is 64.7 Å². The van der Waals surface area contributed by atoms with Crippen molar-refractivity contribution in [2.75, 3.05) is 23.4 Å². The normalized spacial score (nSPS) is 14.2. The van der Waals surface area contributed by atoms with Gasteiger partial charge in [0.05, 0.1) is 11.1 Å². The van der Waals surface area contributed by atoms with Gasteiger partial charge in [-0.05, 0) is 43.7 Å². The summed E-state index contributed by atoms with van der Waals surface area (Å²) in [7, 11) is 0. The zero-order valence-electron chi connectivity index (χ0n) is 14.9. The van der Waals surface area contributed by atoms with Gasteiger partial charge in [-0.15, -0.1) is 23.5 Å². The molecule has 2 amide bonds. The first kappa shape index (κ1) is 18.9. The highest BCUT2D eigenvalue weighted by Gasteiger charge is 2.18. The lowest BCUT2D eigenvalue weighted by atomic mass is 10.1. The first-order chi connectivity index (χ1) is 12.5. The molecule has 0 atom stereocenters. The van der Waals surface area contributed by atoms with E-state index >= 15 is 0 Å². The molecular weight excluding hydrogens is 364 g/mol. The minimum absolute atomic E-state index is 0.0526. The number of carbonyl (C=O) groups excluding carboxylic acids is 2. The summed E-state index contributed by atoms with van der Waals surface area (Å²) in [4.78, 5) is 24.4. The monoisotopic (exact) mass is 386 g/mol. The van der Waals surface area contributed by atoms with Crippen LogP contribution in [0.3, 0.4) is 0 Å². The minimum atomic E-state index is -0.237. The summed E-state index contributed by atoms with van der Waals surface area (Å²) in [5, 5.41) is 5.55. The Kier molecular flexibility index (Phi) is 6.27. The Morgan fingerprint density at radius 3 is 2.42 bits per heavy atom. The molecule has 0 saturated carbocycles. The van der Waals surface area contributed by atoms with Crippen LogP contribution in [0.15, 0.2) is 42.5 Å². The number of thioether (sulfide) groups is 2. The molecule has 6 heteroatoms. The number of amides is 2. The van der Waals surface area contributed by atoms with Gasteiger partial charge in [-0.2, -0.15) is 0 Å². The van der Waals surface area contributed by atoms with Crippen molar-refractivity contribution in [1.82, 2.24) is 5.32 Å². The molecule has 136 valence electrons. The molecule has 3 rings (SSSR count). The molecule has 2 aromatic carbocycles. The maximum Gasteiger partial charge on any atom is 0.251 e. The van der Waals surface area contributed by atoms with Gasteiger partial charge in [-0.25, -0.2) is 0 Å². The largest absolute Gasteiger partial charge is 0.343 e. The van der Waals surface area contributed by atoms with Gasteiger partial charge >= 0.3 is 0 Å². The number of hydrogen-bond donors (Lipinski definition) is 2. The molecule has 0 bridgehead atoms. The van der Waals surface area contributed by atoms with Gasteiger partial charge in [0.15, 0.2) is 0 Å². The SMILES string of the molecule is Cc1cc(C)cc(C(=O)NCC(=O)Nc2cccc(C3SCCS3)c2)c1. The summed E-state index contributed by atoms with van der Waals surface area (Å²) in [6, 6.07) is 13.6. The lowest BCUT2D eigenvalue weighted by molar-refractivity contribution is -0.115. The van der Waals surface area contributed by atoms with Crippen LogP contribution < -0.4 is 10.6 Å². The molecule has 1 heterocycles. The summed E-state index contributed by atoms with van der Waals surface area (Å²) >= 11 is 3.86. The van der Waals surface area contributed by atoms with Crippen molar-refractivity contribution in [2.24, 2.45) is 0 Å². The van der Waals surface area contributed by atoms with Gasteiger partial charge in [0.2, 0.25) is 5.91 Å². The first-order valence-corrected chi connectivity index (χ1v) is 10.6. The molecule has 1 saturated heterocycles. The number of rotatable bonds is 5. The van der Waals surface area contributed by atoms with Crippen LogP contribution >= 0.6 is 23.5 Å². The van der Waals surface area contributed by atoms with E-state index in [9.17, 15) is 9.59 Å². The molecule has 26 heavy (non-hydrogen) atoms.